The highest BCUT2D eigenvalue weighted by molar-refractivity contribution is 5.90. The normalized spacial score (nSPS) is 27.2. The predicted molar refractivity (Wildman–Crippen MR) is 54.2 cm³/mol. The lowest BCUT2D eigenvalue weighted by Crippen LogP contribution is -2.35. The van der Waals surface area contributed by atoms with E-state index in [-0.39, 0.29) is 23.7 Å². The van der Waals surface area contributed by atoms with Crippen molar-refractivity contribution in [2.75, 3.05) is 7.11 Å². The molecular weight excluding hydrogens is 212 g/mol. The Morgan fingerprint density at radius 2 is 2.12 bits per heavy atom. The maximum absolute atomic E-state index is 11.4. The second-order valence-electron chi connectivity index (χ2n) is 4.23. The van der Waals surface area contributed by atoms with Crippen LogP contribution in [0.2, 0.25) is 0 Å². The topological polar surface area (TPSA) is 69.7 Å². The van der Waals surface area contributed by atoms with Crippen molar-refractivity contribution in [3.63, 3.8) is 0 Å². The third-order valence-corrected chi connectivity index (χ3v) is 2.82. The first-order chi connectivity index (χ1) is 7.45. The van der Waals surface area contributed by atoms with E-state index in [0.29, 0.717) is 12.8 Å². The van der Waals surface area contributed by atoms with Crippen molar-refractivity contribution in [1.29, 1.82) is 0 Å². The van der Waals surface area contributed by atoms with Crippen LogP contribution in [-0.4, -0.2) is 25.0 Å². The van der Waals surface area contributed by atoms with Crippen molar-refractivity contribution < 1.29 is 23.9 Å². The molecule has 1 fully saturated rings. The number of cyclic esters (lactones) is 2. The number of methoxy groups -OCH3 is 1. The van der Waals surface area contributed by atoms with Gasteiger partial charge in [-0.3, -0.25) is 14.4 Å². The second kappa shape index (κ2) is 5.09. The molecule has 1 rings (SSSR count). The summed E-state index contributed by atoms with van der Waals surface area (Å²) in [7, 11) is 1.31. The maximum Gasteiger partial charge on any atom is 0.316 e. The van der Waals surface area contributed by atoms with E-state index in [4.69, 9.17) is 0 Å². The highest BCUT2D eigenvalue weighted by Gasteiger charge is 2.36. The first kappa shape index (κ1) is 12.7. The van der Waals surface area contributed by atoms with E-state index in [1.807, 2.05) is 0 Å². The molecule has 0 radical (unpaired) electrons. The standard InChI is InChI=1S/C11H16O5/c1-6(9(12)15-3)4-8-5-7(2)10(13)16-11(8)14/h6-8H,4-5H2,1-3H3. The minimum absolute atomic E-state index is 0.285. The van der Waals surface area contributed by atoms with Gasteiger partial charge in [0.15, 0.2) is 0 Å². The van der Waals surface area contributed by atoms with E-state index in [1.54, 1.807) is 13.8 Å². The van der Waals surface area contributed by atoms with Gasteiger partial charge in [0.2, 0.25) is 0 Å². The quantitative estimate of drug-likeness (QED) is 0.530. The van der Waals surface area contributed by atoms with Crippen LogP contribution in [0.15, 0.2) is 0 Å². The van der Waals surface area contributed by atoms with Crippen molar-refractivity contribution in [2.45, 2.75) is 26.7 Å². The lowest BCUT2D eigenvalue weighted by atomic mass is 9.86. The molecule has 3 atom stereocenters. The Kier molecular flexibility index (Phi) is 4.04. The molecule has 0 aliphatic carbocycles. The smallest absolute Gasteiger partial charge is 0.316 e. The molecular formula is C11H16O5. The molecule has 1 aliphatic rings. The van der Waals surface area contributed by atoms with Crippen molar-refractivity contribution in [3.05, 3.63) is 0 Å². The van der Waals surface area contributed by atoms with Gasteiger partial charge < -0.3 is 9.47 Å². The molecule has 5 nitrogen and oxygen atoms in total. The van der Waals surface area contributed by atoms with Gasteiger partial charge in [-0.2, -0.15) is 0 Å². The Bertz CT molecular complexity index is 309. The van der Waals surface area contributed by atoms with E-state index < -0.39 is 11.9 Å². The third-order valence-electron chi connectivity index (χ3n) is 2.82. The Hall–Kier alpha value is -1.39. The summed E-state index contributed by atoms with van der Waals surface area (Å²) in [6.07, 6.45) is 0.808. The maximum atomic E-state index is 11.4. The van der Waals surface area contributed by atoms with E-state index in [0.717, 1.165) is 0 Å². The summed E-state index contributed by atoms with van der Waals surface area (Å²) in [4.78, 5) is 33.7. The lowest BCUT2D eigenvalue weighted by molar-refractivity contribution is -0.172. The van der Waals surface area contributed by atoms with Gasteiger partial charge in [-0.05, 0) is 12.8 Å². The van der Waals surface area contributed by atoms with Crippen LogP contribution in [0.1, 0.15) is 26.7 Å². The molecule has 0 N–H and O–H groups in total. The number of carbonyl (C=O) groups excluding carboxylic acids is 3. The highest BCUT2D eigenvalue weighted by atomic mass is 16.6. The summed E-state index contributed by atoms with van der Waals surface area (Å²) in [5.74, 6) is -2.39. The van der Waals surface area contributed by atoms with E-state index in [1.165, 1.54) is 7.11 Å². The molecule has 0 aromatic heterocycles. The van der Waals surface area contributed by atoms with E-state index in [9.17, 15) is 14.4 Å². The Morgan fingerprint density at radius 3 is 2.69 bits per heavy atom. The van der Waals surface area contributed by atoms with Gasteiger partial charge in [0.1, 0.15) is 0 Å². The van der Waals surface area contributed by atoms with Gasteiger partial charge in [-0.15, -0.1) is 0 Å². The summed E-state index contributed by atoms with van der Waals surface area (Å²) >= 11 is 0. The molecule has 0 amide bonds. The van der Waals surface area contributed by atoms with Crippen molar-refractivity contribution in [3.8, 4) is 0 Å². The summed E-state index contributed by atoms with van der Waals surface area (Å²) in [5.41, 5.74) is 0. The Balaban J connectivity index is 2.57. The van der Waals surface area contributed by atoms with Crippen LogP contribution in [0.5, 0.6) is 0 Å². The van der Waals surface area contributed by atoms with Gasteiger partial charge >= 0.3 is 17.9 Å². The summed E-state index contributed by atoms with van der Waals surface area (Å²) in [5, 5.41) is 0. The molecule has 0 saturated carbocycles. The number of rotatable bonds is 3. The molecule has 0 bridgehead atoms. The molecule has 90 valence electrons. The number of esters is 3. The highest BCUT2D eigenvalue weighted by Crippen LogP contribution is 2.27. The van der Waals surface area contributed by atoms with Gasteiger partial charge in [-0.1, -0.05) is 13.8 Å². The monoisotopic (exact) mass is 228 g/mol. The van der Waals surface area contributed by atoms with Crippen molar-refractivity contribution >= 4 is 17.9 Å². The lowest BCUT2D eigenvalue weighted by Gasteiger charge is -2.25. The van der Waals surface area contributed by atoms with E-state index >= 15 is 0 Å². The zero-order valence-electron chi connectivity index (χ0n) is 9.69. The van der Waals surface area contributed by atoms with Crippen LogP contribution in [0.3, 0.4) is 0 Å². The Morgan fingerprint density at radius 1 is 1.50 bits per heavy atom. The third kappa shape index (κ3) is 2.81. The molecule has 16 heavy (non-hydrogen) atoms. The minimum Gasteiger partial charge on any atom is -0.469 e. The van der Waals surface area contributed by atoms with Crippen molar-refractivity contribution in [2.24, 2.45) is 17.8 Å². The average molecular weight is 228 g/mol. The molecule has 0 aromatic carbocycles. The molecule has 5 heteroatoms. The zero-order valence-corrected chi connectivity index (χ0v) is 9.69. The van der Waals surface area contributed by atoms with Crippen LogP contribution in [0.4, 0.5) is 0 Å². The summed E-state index contributed by atoms with van der Waals surface area (Å²) in [6, 6.07) is 0. The van der Waals surface area contributed by atoms with Crippen LogP contribution in [0, 0.1) is 17.8 Å². The van der Waals surface area contributed by atoms with Crippen molar-refractivity contribution in [1.82, 2.24) is 0 Å². The summed E-state index contributed by atoms with van der Waals surface area (Å²) in [6.45, 7) is 3.41. The number of hydrogen-bond acceptors (Lipinski definition) is 5. The van der Waals surface area contributed by atoms with Gasteiger partial charge in [-0.25, -0.2) is 0 Å². The fourth-order valence-electron chi connectivity index (χ4n) is 1.82. The predicted octanol–water partition coefficient (Wildman–Crippen LogP) is 0.911. The minimum atomic E-state index is -0.529. The molecule has 0 aromatic rings. The van der Waals surface area contributed by atoms with Crippen LogP contribution in [0.25, 0.3) is 0 Å². The zero-order chi connectivity index (χ0) is 12.3. The molecule has 1 aliphatic heterocycles. The number of ether oxygens (including phenoxy) is 2. The molecule has 1 saturated heterocycles. The van der Waals surface area contributed by atoms with Crippen LogP contribution >= 0.6 is 0 Å². The first-order valence-corrected chi connectivity index (χ1v) is 5.29. The molecule has 3 unspecified atom stereocenters. The average Bonchev–Trinajstić information content (AvgIpc) is 2.24. The van der Waals surface area contributed by atoms with Gasteiger partial charge in [0.25, 0.3) is 0 Å². The van der Waals surface area contributed by atoms with Gasteiger partial charge in [0.05, 0.1) is 24.9 Å². The fraction of sp³-hybridized carbons (Fsp3) is 0.727. The first-order valence-electron chi connectivity index (χ1n) is 5.29. The SMILES string of the molecule is COC(=O)C(C)CC1CC(C)C(=O)OC1=O. The van der Waals surface area contributed by atoms with Crippen LogP contribution in [-0.2, 0) is 23.9 Å². The van der Waals surface area contributed by atoms with Crippen LogP contribution < -0.4 is 0 Å². The molecule has 0 spiro atoms. The number of hydrogen-bond donors (Lipinski definition) is 0. The summed E-state index contributed by atoms with van der Waals surface area (Å²) < 4.78 is 9.17. The number of carbonyl (C=O) groups is 3. The fourth-order valence-corrected chi connectivity index (χ4v) is 1.82. The largest absolute Gasteiger partial charge is 0.469 e. The molecule has 1 heterocycles. The Labute approximate surface area is 94.1 Å². The second-order valence-corrected chi connectivity index (χ2v) is 4.23. The van der Waals surface area contributed by atoms with E-state index in [2.05, 4.69) is 9.47 Å². The van der Waals surface area contributed by atoms with Gasteiger partial charge in [0, 0.05) is 0 Å².